The first-order chi connectivity index (χ1) is 31.1. The lowest BCUT2D eigenvalue weighted by Crippen LogP contribution is -2.05. The molecule has 65 heavy (non-hydrogen) atoms. The number of benzene rings is 8. The Labute approximate surface area is 369 Å². The van der Waals surface area contributed by atoms with Crippen molar-refractivity contribution >= 4 is 43.6 Å². The van der Waals surface area contributed by atoms with Crippen LogP contribution in [0.15, 0.2) is 152 Å². The molecule has 0 aliphatic heterocycles. The molecule has 8 aromatic carbocycles. The molecular formula is C55H34F6N4. The number of hydrogen-bond acceptors (Lipinski definition) is 2. The highest BCUT2D eigenvalue weighted by molar-refractivity contribution is 6.12. The van der Waals surface area contributed by atoms with E-state index in [2.05, 4.69) is 16.7 Å². The van der Waals surface area contributed by atoms with Crippen LogP contribution in [-0.4, -0.2) is 9.13 Å². The number of aryl methyl sites for hydroxylation is 3. The van der Waals surface area contributed by atoms with E-state index in [1.54, 1.807) is 50.2 Å². The van der Waals surface area contributed by atoms with Crippen LogP contribution in [0.2, 0.25) is 0 Å². The Kier molecular flexibility index (Phi) is 9.47. The summed E-state index contributed by atoms with van der Waals surface area (Å²) < 4.78 is 87.7. The second-order valence-electron chi connectivity index (χ2n) is 16.5. The van der Waals surface area contributed by atoms with Crippen LogP contribution < -0.4 is 0 Å². The van der Waals surface area contributed by atoms with Crippen molar-refractivity contribution in [3.05, 3.63) is 191 Å². The van der Waals surface area contributed by atoms with Crippen LogP contribution in [-0.2, 0) is 12.4 Å². The van der Waals surface area contributed by atoms with Crippen molar-refractivity contribution in [3.63, 3.8) is 0 Å². The first-order valence-corrected chi connectivity index (χ1v) is 20.7. The second kappa shape index (κ2) is 15.0. The Morgan fingerprint density at radius 1 is 0.400 bits per heavy atom. The van der Waals surface area contributed by atoms with Crippen LogP contribution in [0.1, 0.15) is 38.9 Å². The summed E-state index contributed by atoms with van der Waals surface area (Å²) in [5.74, 6) is 0. The largest absolute Gasteiger partial charge is 0.416 e. The Morgan fingerprint density at radius 2 is 0.862 bits per heavy atom. The van der Waals surface area contributed by atoms with Gasteiger partial charge in [-0.1, -0.05) is 66.7 Å². The predicted octanol–water partition coefficient (Wildman–Crippen LogP) is 15.6. The van der Waals surface area contributed by atoms with E-state index in [9.17, 15) is 36.9 Å². The molecular weight excluding hydrogens is 831 g/mol. The molecule has 10 heteroatoms. The molecule has 4 nitrogen and oxygen atoms in total. The maximum atomic E-state index is 14.0. The highest BCUT2D eigenvalue weighted by atomic mass is 19.4. The third kappa shape index (κ3) is 7.04. The Morgan fingerprint density at radius 3 is 1.35 bits per heavy atom. The van der Waals surface area contributed by atoms with Crippen molar-refractivity contribution < 1.29 is 26.3 Å². The Bertz CT molecular complexity index is 3700. The lowest BCUT2D eigenvalue weighted by atomic mass is 9.96. The van der Waals surface area contributed by atoms with E-state index in [-0.39, 0.29) is 0 Å². The first kappa shape index (κ1) is 41.0. The van der Waals surface area contributed by atoms with Gasteiger partial charge in [0, 0.05) is 27.1 Å². The van der Waals surface area contributed by atoms with Crippen molar-refractivity contribution in [3.8, 4) is 56.9 Å². The van der Waals surface area contributed by atoms with Crippen molar-refractivity contribution in [2.24, 2.45) is 0 Å². The average molecular weight is 865 g/mol. The summed E-state index contributed by atoms with van der Waals surface area (Å²) in [5.41, 5.74) is 8.80. The van der Waals surface area contributed by atoms with Gasteiger partial charge in [0.15, 0.2) is 0 Å². The number of halogens is 6. The Hall–Kier alpha value is -8.08. The molecule has 0 amide bonds. The molecule has 0 fully saturated rings. The van der Waals surface area contributed by atoms with E-state index in [0.29, 0.717) is 67.0 Å². The molecule has 0 aliphatic rings. The molecule has 0 saturated heterocycles. The standard InChI is InChI=1S/C55H34F6N4/c1-31-16-34(29-62)22-39(19-31)45-28-52(64-48-10-6-4-8-43(48)46-25-35(12-14-50(46)64)37-17-32(2)20-41(23-37)54(56,57)58)40(30-63)27-53(45)65-49-11-7-5-9-44(49)47-26-36(13-15-51(47)65)38-18-33(3)21-42(24-38)55(59,60)61/h4-28H,1-3H3. The molecule has 0 unspecified atom stereocenters. The number of hydrogen-bond donors (Lipinski definition) is 0. The summed E-state index contributed by atoms with van der Waals surface area (Å²) in [6.07, 6.45) is -9.03. The van der Waals surface area contributed by atoms with E-state index >= 15 is 0 Å². The highest BCUT2D eigenvalue weighted by Gasteiger charge is 2.32. The number of para-hydroxylation sites is 2. The molecule has 0 aliphatic carbocycles. The van der Waals surface area contributed by atoms with Crippen molar-refractivity contribution in [2.45, 2.75) is 33.1 Å². The summed E-state index contributed by atoms with van der Waals surface area (Å²) in [6, 6.07) is 48.7. The van der Waals surface area contributed by atoms with Gasteiger partial charge in [0.25, 0.3) is 0 Å². The molecule has 2 aromatic heterocycles. The second-order valence-corrected chi connectivity index (χ2v) is 16.5. The zero-order valence-corrected chi connectivity index (χ0v) is 35.0. The maximum Gasteiger partial charge on any atom is 0.416 e. The number of fused-ring (bicyclic) bond motifs is 6. The molecule has 0 bridgehead atoms. The molecule has 0 saturated carbocycles. The van der Waals surface area contributed by atoms with Crippen LogP contribution in [0, 0.1) is 43.4 Å². The SMILES string of the molecule is Cc1cc(C#N)cc(-c2cc(-n3c4ccccc4c4cc(-c5cc(C)cc(C(F)(F)F)c5)ccc43)c(C#N)cc2-n2c3ccccc3c3cc(-c4cc(C)cc(C(F)(F)F)c4)ccc32)c1. The van der Waals surface area contributed by atoms with E-state index < -0.39 is 23.5 Å². The number of alkyl halides is 6. The van der Waals surface area contributed by atoms with Gasteiger partial charge in [0.2, 0.25) is 0 Å². The van der Waals surface area contributed by atoms with Gasteiger partial charge >= 0.3 is 12.4 Å². The molecule has 316 valence electrons. The molecule has 0 atom stereocenters. The third-order valence-electron chi connectivity index (χ3n) is 12.1. The molecule has 10 aromatic rings. The summed E-state index contributed by atoms with van der Waals surface area (Å²) in [5, 5.41) is 24.5. The van der Waals surface area contributed by atoms with Gasteiger partial charge in [-0.3, -0.25) is 0 Å². The smallest absolute Gasteiger partial charge is 0.309 e. The van der Waals surface area contributed by atoms with Gasteiger partial charge in [-0.05, 0) is 150 Å². The predicted molar refractivity (Wildman–Crippen MR) is 245 cm³/mol. The van der Waals surface area contributed by atoms with E-state index in [4.69, 9.17) is 0 Å². The number of nitrogens with zero attached hydrogens (tertiary/aromatic N) is 4. The van der Waals surface area contributed by atoms with E-state index in [1.165, 1.54) is 0 Å². The van der Waals surface area contributed by atoms with Gasteiger partial charge < -0.3 is 9.13 Å². The first-order valence-electron chi connectivity index (χ1n) is 20.7. The van der Waals surface area contributed by atoms with Gasteiger partial charge in [0.1, 0.15) is 6.07 Å². The lowest BCUT2D eigenvalue weighted by molar-refractivity contribution is -0.138. The van der Waals surface area contributed by atoms with Crippen LogP contribution in [0.25, 0.3) is 88.4 Å². The zero-order chi connectivity index (χ0) is 45.5. The zero-order valence-electron chi connectivity index (χ0n) is 35.0. The third-order valence-corrected chi connectivity index (χ3v) is 12.1. The normalized spacial score (nSPS) is 12.0. The van der Waals surface area contributed by atoms with E-state index in [0.717, 1.165) is 73.4 Å². The molecule has 0 spiro atoms. The molecule has 2 heterocycles. The van der Waals surface area contributed by atoms with Gasteiger partial charge in [-0.25, -0.2) is 0 Å². The van der Waals surface area contributed by atoms with Gasteiger partial charge in [-0.2, -0.15) is 36.9 Å². The van der Waals surface area contributed by atoms with Crippen molar-refractivity contribution in [1.29, 1.82) is 10.5 Å². The van der Waals surface area contributed by atoms with Crippen LogP contribution in [0.4, 0.5) is 26.3 Å². The number of rotatable bonds is 5. The minimum atomic E-state index is -4.52. The maximum absolute atomic E-state index is 14.0. The van der Waals surface area contributed by atoms with Gasteiger partial charge in [0.05, 0.1) is 61.8 Å². The highest BCUT2D eigenvalue weighted by Crippen LogP contribution is 2.43. The van der Waals surface area contributed by atoms with Crippen molar-refractivity contribution in [2.75, 3.05) is 0 Å². The minimum Gasteiger partial charge on any atom is -0.309 e. The fraction of sp³-hybridized carbons (Fsp3) is 0.0909. The lowest BCUT2D eigenvalue weighted by Gasteiger charge is -2.19. The summed E-state index contributed by atoms with van der Waals surface area (Å²) >= 11 is 0. The summed E-state index contributed by atoms with van der Waals surface area (Å²) in [6.45, 7) is 5.18. The summed E-state index contributed by atoms with van der Waals surface area (Å²) in [4.78, 5) is 0. The number of nitriles is 2. The van der Waals surface area contributed by atoms with Crippen LogP contribution in [0.3, 0.4) is 0 Å². The van der Waals surface area contributed by atoms with Crippen molar-refractivity contribution in [1.82, 2.24) is 9.13 Å². The van der Waals surface area contributed by atoms with E-state index in [1.807, 2.05) is 102 Å². The monoisotopic (exact) mass is 864 g/mol. The fourth-order valence-electron chi connectivity index (χ4n) is 9.32. The molecule has 10 rings (SSSR count). The molecule has 0 radical (unpaired) electrons. The Balaban J connectivity index is 1.24. The average Bonchev–Trinajstić information content (AvgIpc) is 3.79. The quantitative estimate of drug-likeness (QED) is 0.162. The minimum absolute atomic E-state index is 0.319. The number of aromatic nitrogens is 2. The molecule has 0 N–H and O–H groups in total. The summed E-state index contributed by atoms with van der Waals surface area (Å²) in [7, 11) is 0. The van der Waals surface area contributed by atoms with Crippen LogP contribution >= 0.6 is 0 Å². The fourth-order valence-corrected chi connectivity index (χ4v) is 9.32. The topological polar surface area (TPSA) is 57.4 Å². The van der Waals surface area contributed by atoms with Crippen LogP contribution in [0.5, 0.6) is 0 Å². The van der Waals surface area contributed by atoms with Gasteiger partial charge in [-0.15, -0.1) is 0 Å².